The lowest BCUT2D eigenvalue weighted by Gasteiger charge is -2.02. The summed E-state index contributed by atoms with van der Waals surface area (Å²) in [6.07, 6.45) is 3.79. The summed E-state index contributed by atoms with van der Waals surface area (Å²) in [5.41, 5.74) is 4.69. The molecule has 8 nitrogen and oxygen atoms in total. The van der Waals surface area contributed by atoms with E-state index in [1.54, 1.807) is 19.2 Å². The molecule has 0 amide bonds. The van der Waals surface area contributed by atoms with E-state index < -0.39 is 0 Å². The van der Waals surface area contributed by atoms with Gasteiger partial charge in [0.25, 0.3) is 0 Å². The number of ether oxygens (including phenoxy) is 1. The van der Waals surface area contributed by atoms with Crippen LogP contribution in [0, 0.1) is 11.3 Å². The number of rotatable bonds is 3. The van der Waals surface area contributed by atoms with Gasteiger partial charge in [0.1, 0.15) is 28.6 Å². The maximum atomic E-state index is 9.12. The van der Waals surface area contributed by atoms with Crippen molar-refractivity contribution in [3.63, 3.8) is 0 Å². The normalized spacial score (nSPS) is 11.3. The van der Waals surface area contributed by atoms with Gasteiger partial charge in [-0.15, -0.1) is 0 Å². The first-order valence-electron chi connectivity index (χ1n) is 8.37. The molecule has 0 aliphatic rings. The first-order valence-corrected chi connectivity index (χ1v) is 8.37. The summed E-state index contributed by atoms with van der Waals surface area (Å²) in [4.78, 5) is 12.7. The molecule has 132 valence electrons. The van der Waals surface area contributed by atoms with Crippen molar-refractivity contribution in [2.24, 2.45) is 0 Å². The average Bonchev–Trinajstić information content (AvgIpc) is 3.36. The van der Waals surface area contributed by atoms with Gasteiger partial charge in [-0.1, -0.05) is 0 Å². The van der Waals surface area contributed by atoms with E-state index in [1.165, 1.54) is 0 Å². The molecule has 0 aliphatic carbocycles. The summed E-state index contributed by atoms with van der Waals surface area (Å²) in [7, 11) is 3.49. The Kier molecular flexibility index (Phi) is 3.12. The number of hydrogen-bond acceptors (Lipinski definition) is 5. The molecule has 0 bridgehead atoms. The van der Waals surface area contributed by atoms with Crippen molar-refractivity contribution in [2.45, 2.75) is 0 Å². The van der Waals surface area contributed by atoms with Crippen LogP contribution in [0.4, 0.5) is 5.82 Å². The molecule has 0 atom stereocenters. The second-order valence-electron chi connectivity index (χ2n) is 6.14. The third-order valence-electron chi connectivity index (χ3n) is 4.65. The Balaban J connectivity index is 1.72. The molecule has 5 rings (SSSR count). The van der Waals surface area contributed by atoms with E-state index in [0.717, 1.165) is 39.8 Å². The van der Waals surface area contributed by atoms with E-state index in [2.05, 4.69) is 21.4 Å². The van der Waals surface area contributed by atoms with Crippen LogP contribution in [0.25, 0.3) is 33.8 Å². The van der Waals surface area contributed by atoms with E-state index in [-0.39, 0.29) is 0 Å². The quantitative estimate of drug-likeness (QED) is 0.517. The van der Waals surface area contributed by atoms with Crippen LogP contribution in [0.2, 0.25) is 0 Å². The number of methoxy groups -OCH3 is 1. The topological polar surface area (TPSA) is 95.4 Å². The zero-order valence-electron chi connectivity index (χ0n) is 14.7. The zero-order valence-corrected chi connectivity index (χ0v) is 14.7. The highest BCUT2D eigenvalue weighted by Crippen LogP contribution is 2.30. The van der Waals surface area contributed by atoms with Gasteiger partial charge in [-0.25, -0.2) is 9.97 Å². The van der Waals surface area contributed by atoms with Crippen LogP contribution in [-0.2, 0) is 0 Å². The van der Waals surface area contributed by atoms with Gasteiger partial charge < -0.3 is 15.0 Å². The molecule has 8 heteroatoms. The molecule has 0 unspecified atom stereocenters. The Hall–Kier alpha value is -3.99. The highest BCUT2D eigenvalue weighted by molar-refractivity contribution is 5.83. The Morgan fingerprint density at radius 1 is 1.19 bits per heavy atom. The SMILES string of the molecule is CNc1c(-c2cn3c(n2)[nH]c2cc(OC)ccc23)nc2cc(C#N)ccn12. The van der Waals surface area contributed by atoms with Gasteiger partial charge in [0.05, 0.1) is 29.8 Å². The van der Waals surface area contributed by atoms with Crippen molar-refractivity contribution in [3.8, 4) is 23.2 Å². The third-order valence-corrected chi connectivity index (χ3v) is 4.65. The van der Waals surface area contributed by atoms with E-state index in [0.29, 0.717) is 11.2 Å². The molecular weight excluding hydrogens is 342 g/mol. The fraction of sp³-hybridized carbons (Fsp3) is 0.105. The van der Waals surface area contributed by atoms with Crippen molar-refractivity contribution in [3.05, 3.63) is 48.3 Å². The number of nitrogens with zero attached hydrogens (tertiary/aromatic N) is 5. The Morgan fingerprint density at radius 2 is 2.07 bits per heavy atom. The molecular formula is C19H15N7O. The highest BCUT2D eigenvalue weighted by atomic mass is 16.5. The average molecular weight is 357 g/mol. The number of aromatic nitrogens is 5. The lowest BCUT2D eigenvalue weighted by atomic mass is 10.3. The first kappa shape index (κ1) is 15.3. The van der Waals surface area contributed by atoms with Gasteiger partial charge in [-0.3, -0.25) is 8.80 Å². The van der Waals surface area contributed by atoms with Gasteiger partial charge in [0.2, 0.25) is 5.78 Å². The van der Waals surface area contributed by atoms with Crippen molar-refractivity contribution < 1.29 is 4.74 Å². The zero-order chi connectivity index (χ0) is 18.5. The van der Waals surface area contributed by atoms with Crippen molar-refractivity contribution in [1.29, 1.82) is 5.26 Å². The summed E-state index contributed by atoms with van der Waals surface area (Å²) in [5.74, 6) is 2.34. The smallest absolute Gasteiger partial charge is 0.212 e. The van der Waals surface area contributed by atoms with Gasteiger partial charge >= 0.3 is 0 Å². The predicted octanol–water partition coefficient (Wildman–Crippen LogP) is 3.05. The molecule has 0 radical (unpaired) electrons. The molecule has 4 aromatic heterocycles. The number of nitrogens with one attached hydrogen (secondary N) is 2. The van der Waals surface area contributed by atoms with E-state index in [9.17, 15) is 0 Å². The number of pyridine rings is 1. The van der Waals surface area contributed by atoms with Crippen LogP contribution in [0.15, 0.2) is 42.7 Å². The number of hydrogen-bond donors (Lipinski definition) is 2. The highest BCUT2D eigenvalue weighted by Gasteiger charge is 2.18. The van der Waals surface area contributed by atoms with Crippen LogP contribution in [0.1, 0.15) is 5.56 Å². The fourth-order valence-corrected chi connectivity index (χ4v) is 3.37. The lowest BCUT2D eigenvalue weighted by Crippen LogP contribution is -1.96. The number of imidazole rings is 3. The number of H-pyrrole nitrogens is 1. The number of fused-ring (bicyclic) bond motifs is 4. The monoisotopic (exact) mass is 357 g/mol. The first-order chi connectivity index (χ1) is 13.2. The molecule has 5 aromatic rings. The van der Waals surface area contributed by atoms with Crippen LogP contribution in [-0.4, -0.2) is 37.9 Å². The number of aromatic amines is 1. The van der Waals surface area contributed by atoms with Gasteiger partial charge in [-0.05, 0) is 24.3 Å². The molecule has 27 heavy (non-hydrogen) atoms. The number of anilines is 1. The van der Waals surface area contributed by atoms with Crippen molar-refractivity contribution >= 4 is 28.3 Å². The van der Waals surface area contributed by atoms with Crippen molar-refractivity contribution in [2.75, 3.05) is 19.5 Å². The minimum absolute atomic E-state index is 0.568. The molecule has 1 aromatic carbocycles. The second-order valence-corrected chi connectivity index (χ2v) is 6.14. The van der Waals surface area contributed by atoms with Crippen LogP contribution >= 0.6 is 0 Å². The largest absolute Gasteiger partial charge is 0.497 e. The van der Waals surface area contributed by atoms with E-state index in [1.807, 2.05) is 46.4 Å². The molecule has 0 saturated heterocycles. The number of nitriles is 1. The second kappa shape index (κ2) is 5.51. The van der Waals surface area contributed by atoms with Crippen LogP contribution in [0.3, 0.4) is 0 Å². The van der Waals surface area contributed by atoms with Crippen molar-refractivity contribution in [1.82, 2.24) is 23.8 Å². The Labute approximate surface area is 153 Å². The minimum Gasteiger partial charge on any atom is -0.497 e. The predicted molar refractivity (Wildman–Crippen MR) is 102 cm³/mol. The standard InChI is InChI=1S/C19H15N7O/c1-21-18-17(24-16-7-11(9-20)5-6-25(16)18)14-10-26-15-4-3-12(27-2)8-13(15)22-19(26)23-14/h3-8,10,21H,1-2H3,(H,22,23). The molecule has 0 saturated carbocycles. The molecule has 0 fully saturated rings. The van der Waals surface area contributed by atoms with Gasteiger partial charge in [-0.2, -0.15) is 5.26 Å². The Morgan fingerprint density at radius 3 is 2.85 bits per heavy atom. The summed E-state index contributed by atoms with van der Waals surface area (Å²) < 4.78 is 9.18. The van der Waals surface area contributed by atoms with E-state index >= 15 is 0 Å². The maximum Gasteiger partial charge on any atom is 0.212 e. The van der Waals surface area contributed by atoms with Gasteiger partial charge in [0.15, 0.2) is 0 Å². The number of benzene rings is 1. The minimum atomic E-state index is 0.568. The summed E-state index contributed by atoms with van der Waals surface area (Å²) in [5, 5.41) is 12.3. The van der Waals surface area contributed by atoms with Gasteiger partial charge in [0, 0.05) is 25.5 Å². The summed E-state index contributed by atoms with van der Waals surface area (Å²) in [6, 6.07) is 11.5. The summed E-state index contributed by atoms with van der Waals surface area (Å²) in [6.45, 7) is 0. The molecule has 0 aliphatic heterocycles. The Bertz CT molecular complexity index is 1370. The molecule has 4 heterocycles. The fourth-order valence-electron chi connectivity index (χ4n) is 3.37. The van der Waals surface area contributed by atoms with Crippen LogP contribution < -0.4 is 10.1 Å². The van der Waals surface area contributed by atoms with Crippen LogP contribution in [0.5, 0.6) is 5.75 Å². The summed E-state index contributed by atoms with van der Waals surface area (Å²) >= 11 is 0. The van der Waals surface area contributed by atoms with E-state index in [4.69, 9.17) is 15.0 Å². The molecule has 0 spiro atoms. The maximum absolute atomic E-state index is 9.12. The molecule has 2 N–H and O–H groups in total. The lowest BCUT2D eigenvalue weighted by molar-refractivity contribution is 0.415. The third kappa shape index (κ3) is 2.15.